The van der Waals surface area contributed by atoms with Gasteiger partial charge in [-0.1, -0.05) is 31.4 Å². The first-order valence-corrected chi connectivity index (χ1v) is 7.98. The van der Waals surface area contributed by atoms with E-state index in [1.165, 1.54) is 12.8 Å². The van der Waals surface area contributed by atoms with Crippen LogP contribution in [0.5, 0.6) is 0 Å². The summed E-state index contributed by atoms with van der Waals surface area (Å²) in [4.78, 5) is 22.4. The number of aromatic nitrogens is 2. The van der Waals surface area contributed by atoms with E-state index in [2.05, 4.69) is 16.9 Å². The first-order valence-electron chi connectivity index (χ1n) is 7.60. The molecule has 0 bridgehead atoms. The fourth-order valence-corrected chi connectivity index (χ4v) is 3.08. The molecule has 1 saturated carbocycles. The van der Waals surface area contributed by atoms with Crippen LogP contribution in [-0.4, -0.2) is 28.5 Å². The highest BCUT2D eigenvalue weighted by atomic mass is 35.5. The van der Waals surface area contributed by atoms with Gasteiger partial charge in [0.1, 0.15) is 16.8 Å². The summed E-state index contributed by atoms with van der Waals surface area (Å²) in [7, 11) is 0. The van der Waals surface area contributed by atoms with Gasteiger partial charge >= 0.3 is 0 Å². The van der Waals surface area contributed by atoms with Gasteiger partial charge in [0.2, 0.25) is 5.91 Å². The zero-order valence-corrected chi connectivity index (χ0v) is 13.5. The SMILES string of the molecule is CCCc1nc(Cl)c(C)c(N(CC(N)=O)C2CCCC2)n1. The molecule has 0 atom stereocenters. The number of carbonyl (C=O) groups is 1. The molecule has 21 heavy (non-hydrogen) atoms. The monoisotopic (exact) mass is 310 g/mol. The van der Waals surface area contributed by atoms with E-state index in [0.29, 0.717) is 11.2 Å². The van der Waals surface area contributed by atoms with Crippen LogP contribution < -0.4 is 10.6 Å². The Balaban J connectivity index is 2.39. The summed E-state index contributed by atoms with van der Waals surface area (Å²) in [5.74, 6) is 1.16. The second-order valence-corrected chi connectivity index (χ2v) is 6.02. The lowest BCUT2D eigenvalue weighted by Crippen LogP contribution is -2.41. The van der Waals surface area contributed by atoms with Gasteiger partial charge in [0, 0.05) is 18.0 Å². The van der Waals surface area contributed by atoms with Crippen molar-refractivity contribution in [2.45, 2.75) is 58.4 Å². The topological polar surface area (TPSA) is 72.1 Å². The maximum atomic E-state index is 11.5. The van der Waals surface area contributed by atoms with E-state index in [1.54, 1.807) is 0 Å². The van der Waals surface area contributed by atoms with Crippen LogP contribution in [0.1, 0.15) is 50.4 Å². The predicted octanol–water partition coefficient (Wildman–Crippen LogP) is 2.63. The van der Waals surface area contributed by atoms with Crippen molar-refractivity contribution in [3.05, 3.63) is 16.5 Å². The lowest BCUT2D eigenvalue weighted by atomic mass is 10.2. The number of nitrogens with zero attached hydrogens (tertiary/aromatic N) is 3. The van der Waals surface area contributed by atoms with Crippen LogP contribution in [0.2, 0.25) is 5.15 Å². The third-order valence-electron chi connectivity index (χ3n) is 3.94. The second-order valence-electron chi connectivity index (χ2n) is 5.66. The van der Waals surface area contributed by atoms with Gasteiger partial charge in [0.15, 0.2) is 0 Å². The van der Waals surface area contributed by atoms with Gasteiger partial charge in [-0.15, -0.1) is 0 Å². The van der Waals surface area contributed by atoms with Crippen LogP contribution in [-0.2, 0) is 11.2 Å². The molecular weight excluding hydrogens is 288 g/mol. The van der Waals surface area contributed by atoms with Gasteiger partial charge in [0.05, 0.1) is 6.54 Å². The summed E-state index contributed by atoms with van der Waals surface area (Å²) in [5, 5.41) is 0.468. The van der Waals surface area contributed by atoms with Gasteiger partial charge in [-0.2, -0.15) is 0 Å². The second kappa shape index (κ2) is 7.07. The summed E-state index contributed by atoms with van der Waals surface area (Å²) < 4.78 is 0. The molecule has 116 valence electrons. The average molecular weight is 311 g/mol. The van der Waals surface area contributed by atoms with Crippen molar-refractivity contribution in [3.63, 3.8) is 0 Å². The summed E-state index contributed by atoms with van der Waals surface area (Å²) in [6.07, 6.45) is 6.23. The molecule has 1 aliphatic rings. The normalized spacial score (nSPS) is 15.4. The number of amides is 1. The van der Waals surface area contributed by atoms with Crippen LogP contribution in [0.15, 0.2) is 0 Å². The standard InChI is InChI=1S/C15H23ClN4O/c1-3-6-13-18-14(16)10(2)15(19-13)20(9-12(17)21)11-7-4-5-8-11/h11H,3-9H2,1-2H3,(H2,17,21). The summed E-state index contributed by atoms with van der Waals surface area (Å²) >= 11 is 6.25. The number of halogens is 1. The predicted molar refractivity (Wildman–Crippen MR) is 84.6 cm³/mol. The molecule has 1 heterocycles. The van der Waals surface area contributed by atoms with Crippen molar-refractivity contribution in [2.24, 2.45) is 5.73 Å². The molecule has 1 amide bonds. The van der Waals surface area contributed by atoms with Crippen LogP contribution in [0.25, 0.3) is 0 Å². The molecule has 0 aromatic carbocycles. The minimum Gasteiger partial charge on any atom is -0.368 e. The minimum atomic E-state index is -0.340. The number of carbonyl (C=O) groups excluding carboxylic acids is 1. The zero-order chi connectivity index (χ0) is 15.4. The number of primary amides is 1. The summed E-state index contributed by atoms with van der Waals surface area (Å²) in [5.41, 5.74) is 6.25. The quantitative estimate of drug-likeness (QED) is 0.820. The molecule has 1 aromatic heterocycles. The highest BCUT2D eigenvalue weighted by Crippen LogP contribution is 2.31. The van der Waals surface area contributed by atoms with Crippen LogP contribution in [0, 0.1) is 6.92 Å². The van der Waals surface area contributed by atoms with Gasteiger partial charge in [-0.25, -0.2) is 9.97 Å². The van der Waals surface area contributed by atoms with E-state index in [-0.39, 0.29) is 12.5 Å². The van der Waals surface area contributed by atoms with Crippen molar-refractivity contribution in [1.29, 1.82) is 0 Å². The molecule has 2 rings (SSSR count). The number of anilines is 1. The number of hydrogen-bond donors (Lipinski definition) is 1. The summed E-state index contributed by atoms with van der Waals surface area (Å²) in [6, 6.07) is 0.316. The Morgan fingerprint density at radius 2 is 2.05 bits per heavy atom. The van der Waals surface area contributed by atoms with E-state index >= 15 is 0 Å². The van der Waals surface area contributed by atoms with Gasteiger partial charge in [0.25, 0.3) is 0 Å². The maximum absolute atomic E-state index is 11.5. The Hall–Kier alpha value is -1.36. The highest BCUT2D eigenvalue weighted by molar-refractivity contribution is 6.30. The Kier molecular flexibility index (Phi) is 5.39. The number of aryl methyl sites for hydroxylation is 1. The molecule has 6 heteroatoms. The third kappa shape index (κ3) is 3.84. The van der Waals surface area contributed by atoms with E-state index in [1.807, 2.05) is 11.8 Å². The van der Waals surface area contributed by atoms with Crippen LogP contribution in [0.4, 0.5) is 5.82 Å². The molecule has 0 spiro atoms. The van der Waals surface area contributed by atoms with E-state index in [9.17, 15) is 4.79 Å². The van der Waals surface area contributed by atoms with E-state index < -0.39 is 0 Å². The van der Waals surface area contributed by atoms with Crippen molar-refractivity contribution >= 4 is 23.3 Å². The minimum absolute atomic E-state index is 0.185. The molecule has 1 fully saturated rings. The first-order chi connectivity index (χ1) is 10.0. The van der Waals surface area contributed by atoms with Gasteiger partial charge in [-0.05, 0) is 26.2 Å². The van der Waals surface area contributed by atoms with Crippen molar-refractivity contribution in [3.8, 4) is 0 Å². The largest absolute Gasteiger partial charge is 0.368 e. The Bertz CT molecular complexity index is 515. The summed E-state index contributed by atoms with van der Waals surface area (Å²) in [6.45, 7) is 4.16. The Labute approximate surface area is 130 Å². The van der Waals surface area contributed by atoms with E-state index in [0.717, 1.165) is 42.9 Å². The first kappa shape index (κ1) is 16.0. The average Bonchev–Trinajstić information content (AvgIpc) is 2.94. The third-order valence-corrected chi connectivity index (χ3v) is 4.31. The molecule has 0 radical (unpaired) electrons. The van der Waals surface area contributed by atoms with Crippen molar-refractivity contribution in [1.82, 2.24) is 9.97 Å². The Morgan fingerprint density at radius 3 is 2.62 bits per heavy atom. The molecule has 1 aromatic rings. The number of nitrogens with two attached hydrogens (primary N) is 1. The lowest BCUT2D eigenvalue weighted by Gasteiger charge is -2.30. The molecular formula is C15H23ClN4O. The van der Waals surface area contributed by atoms with Crippen LogP contribution >= 0.6 is 11.6 Å². The molecule has 0 saturated heterocycles. The molecule has 5 nitrogen and oxygen atoms in total. The van der Waals surface area contributed by atoms with Crippen molar-refractivity contribution < 1.29 is 4.79 Å². The van der Waals surface area contributed by atoms with Gasteiger partial charge < -0.3 is 10.6 Å². The fourth-order valence-electron chi connectivity index (χ4n) is 2.90. The maximum Gasteiger partial charge on any atom is 0.237 e. The highest BCUT2D eigenvalue weighted by Gasteiger charge is 2.27. The lowest BCUT2D eigenvalue weighted by molar-refractivity contribution is -0.116. The van der Waals surface area contributed by atoms with Crippen LogP contribution in [0.3, 0.4) is 0 Å². The number of hydrogen-bond acceptors (Lipinski definition) is 4. The van der Waals surface area contributed by atoms with E-state index in [4.69, 9.17) is 17.3 Å². The number of rotatable bonds is 6. The fraction of sp³-hybridized carbons (Fsp3) is 0.667. The molecule has 0 unspecified atom stereocenters. The zero-order valence-electron chi connectivity index (χ0n) is 12.7. The Morgan fingerprint density at radius 1 is 1.38 bits per heavy atom. The molecule has 1 aliphatic carbocycles. The van der Waals surface area contributed by atoms with Gasteiger partial charge in [-0.3, -0.25) is 4.79 Å². The molecule has 0 aliphatic heterocycles. The smallest absolute Gasteiger partial charge is 0.237 e. The molecule has 2 N–H and O–H groups in total. The van der Waals surface area contributed by atoms with Crippen molar-refractivity contribution in [2.75, 3.05) is 11.4 Å².